The minimum Gasteiger partial charge on any atom is -0.356 e. The molecule has 0 bridgehead atoms. The highest BCUT2D eigenvalue weighted by Gasteiger charge is 2.16. The summed E-state index contributed by atoms with van der Waals surface area (Å²) in [6.07, 6.45) is 8.16. The van der Waals surface area contributed by atoms with Crippen LogP contribution in [0.15, 0.2) is 0 Å². The van der Waals surface area contributed by atoms with E-state index in [0.29, 0.717) is 18.9 Å². The summed E-state index contributed by atoms with van der Waals surface area (Å²) in [5.41, 5.74) is 5.46. The number of nitrogens with two attached hydrogens (primary N) is 1. The average molecular weight is 226 g/mol. The standard InChI is InChI=1S/C13H26N2O/c1-11(8-9-14)10-15-13(16)7-6-12-4-2-3-5-12/h11-12H,2-10,14H2,1H3,(H,15,16). The number of hydrogen-bond acceptors (Lipinski definition) is 2. The Morgan fingerprint density at radius 2 is 2.12 bits per heavy atom. The number of nitrogens with one attached hydrogen (secondary N) is 1. The third kappa shape index (κ3) is 5.50. The zero-order valence-corrected chi connectivity index (χ0v) is 10.5. The molecule has 1 fully saturated rings. The van der Waals surface area contributed by atoms with Gasteiger partial charge in [-0.15, -0.1) is 0 Å². The van der Waals surface area contributed by atoms with Crippen LogP contribution in [0.2, 0.25) is 0 Å². The molecule has 3 N–H and O–H groups in total. The molecule has 0 aromatic carbocycles. The molecule has 16 heavy (non-hydrogen) atoms. The highest BCUT2D eigenvalue weighted by Crippen LogP contribution is 2.28. The van der Waals surface area contributed by atoms with Gasteiger partial charge in [-0.3, -0.25) is 4.79 Å². The second kappa shape index (κ2) is 7.66. The Balaban J connectivity index is 2.01. The summed E-state index contributed by atoms with van der Waals surface area (Å²) in [6, 6.07) is 0. The molecule has 1 unspecified atom stereocenters. The predicted molar refractivity (Wildman–Crippen MR) is 67.0 cm³/mol. The zero-order chi connectivity index (χ0) is 11.8. The molecule has 94 valence electrons. The summed E-state index contributed by atoms with van der Waals surface area (Å²) < 4.78 is 0. The summed E-state index contributed by atoms with van der Waals surface area (Å²) in [6.45, 7) is 3.62. The average Bonchev–Trinajstić information content (AvgIpc) is 2.77. The van der Waals surface area contributed by atoms with Crippen molar-refractivity contribution in [3.05, 3.63) is 0 Å². The lowest BCUT2D eigenvalue weighted by Gasteiger charge is -2.12. The summed E-state index contributed by atoms with van der Waals surface area (Å²) in [4.78, 5) is 11.6. The van der Waals surface area contributed by atoms with Gasteiger partial charge in [-0.1, -0.05) is 32.6 Å². The van der Waals surface area contributed by atoms with Crippen LogP contribution in [0.4, 0.5) is 0 Å². The Kier molecular flexibility index (Phi) is 6.46. The van der Waals surface area contributed by atoms with Crippen LogP contribution in [0.1, 0.15) is 51.9 Å². The summed E-state index contributed by atoms with van der Waals surface area (Å²) >= 11 is 0. The molecule has 1 saturated carbocycles. The lowest BCUT2D eigenvalue weighted by Crippen LogP contribution is -2.29. The third-order valence-corrected chi connectivity index (χ3v) is 3.56. The first-order valence-electron chi connectivity index (χ1n) is 6.69. The van der Waals surface area contributed by atoms with E-state index in [2.05, 4.69) is 12.2 Å². The largest absolute Gasteiger partial charge is 0.356 e. The molecule has 0 saturated heterocycles. The van der Waals surface area contributed by atoms with E-state index in [1.807, 2.05) is 0 Å². The van der Waals surface area contributed by atoms with E-state index in [1.165, 1.54) is 25.7 Å². The fourth-order valence-electron chi connectivity index (χ4n) is 2.40. The Labute approximate surface area is 99.2 Å². The van der Waals surface area contributed by atoms with Gasteiger partial charge in [0, 0.05) is 13.0 Å². The van der Waals surface area contributed by atoms with E-state index < -0.39 is 0 Å². The van der Waals surface area contributed by atoms with Gasteiger partial charge in [0.15, 0.2) is 0 Å². The van der Waals surface area contributed by atoms with Crippen molar-refractivity contribution in [3.63, 3.8) is 0 Å². The van der Waals surface area contributed by atoms with Crippen LogP contribution in [0.3, 0.4) is 0 Å². The maximum atomic E-state index is 11.6. The lowest BCUT2D eigenvalue weighted by molar-refractivity contribution is -0.121. The number of carbonyl (C=O) groups is 1. The first-order chi connectivity index (χ1) is 7.72. The zero-order valence-electron chi connectivity index (χ0n) is 10.5. The van der Waals surface area contributed by atoms with Gasteiger partial charge in [0.25, 0.3) is 0 Å². The minimum atomic E-state index is 0.218. The van der Waals surface area contributed by atoms with Crippen molar-refractivity contribution in [2.24, 2.45) is 17.6 Å². The fourth-order valence-corrected chi connectivity index (χ4v) is 2.40. The summed E-state index contributed by atoms with van der Waals surface area (Å²) in [5, 5.41) is 3.00. The molecule has 1 aliphatic carbocycles. The molecule has 3 heteroatoms. The summed E-state index contributed by atoms with van der Waals surface area (Å²) in [5.74, 6) is 1.53. The van der Waals surface area contributed by atoms with Crippen LogP contribution in [0.25, 0.3) is 0 Å². The molecular weight excluding hydrogens is 200 g/mol. The van der Waals surface area contributed by atoms with Gasteiger partial charge in [-0.25, -0.2) is 0 Å². The molecule has 1 amide bonds. The van der Waals surface area contributed by atoms with Crippen molar-refractivity contribution in [1.29, 1.82) is 0 Å². The highest BCUT2D eigenvalue weighted by molar-refractivity contribution is 5.75. The van der Waals surface area contributed by atoms with Gasteiger partial charge < -0.3 is 11.1 Å². The Morgan fingerprint density at radius 3 is 2.75 bits per heavy atom. The highest BCUT2D eigenvalue weighted by atomic mass is 16.1. The Bertz CT molecular complexity index is 200. The molecule has 0 heterocycles. The Hall–Kier alpha value is -0.570. The molecule has 0 aromatic heterocycles. The first-order valence-corrected chi connectivity index (χ1v) is 6.69. The number of rotatable bonds is 7. The molecule has 1 atom stereocenters. The van der Waals surface area contributed by atoms with Crippen molar-refractivity contribution in [2.45, 2.75) is 51.9 Å². The van der Waals surface area contributed by atoms with Crippen LogP contribution in [0.5, 0.6) is 0 Å². The van der Waals surface area contributed by atoms with Gasteiger partial charge in [0.1, 0.15) is 0 Å². The molecular formula is C13H26N2O. The maximum absolute atomic E-state index is 11.6. The molecule has 0 aromatic rings. The number of carbonyl (C=O) groups excluding carboxylic acids is 1. The van der Waals surface area contributed by atoms with Crippen molar-refractivity contribution < 1.29 is 4.79 Å². The van der Waals surface area contributed by atoms with Crippen molar-refractivity contribution >= 4 is 5.91 Å². The lowest BCUT2D eigenvalue weighted by atomic mass is 10.0. The van der Waals surface area contributed by atoms with Gasteiger partial charge in [0.05, 0.1) is 0 Å². The van der Waals surface area contributed by atoms with E-state index in [1.54, 1.807) is 0 Å². The van der Waals surface area contributed by atoms with Crippen LogP contribution in [0, 0.1) is 11.8 Å². The summed E-state index contributed by atoms with van der Waals surface area (Å²) in [7, 11) is 0. The SMILES string of the molecule is CC(CCN)CNC(=O)CCC1CCCC1. The molecule has 1 rings (SSSR count). The minimum absolute atomic E-state index is 0.218. The van der Waals surface area contributed by atoms with Crippen molar-refractivity contribution in [3.8, 4) is 0 Å². The van der Waals surface area contributed by atoms with Crippen molar-refractivity contribution in [1.82, 2.24) is 5.32 Å². The normalized spacial score (nSPS) is 18.6. The Morgan fingerprint density at radius 1 is 1.44 bits per heavy atom. The molecule has 0 aliphatic heterocycles. The molecule has 0 radical (unpaired) electrons. The van der Waals surface area contributed by atoms with E-state index in [-0.39, 0.29) is 5.91 Å². The van der Waals surface area contributed by atoms with Crippen molar-refractivity contribution in [2.75, 3.05) is 13.1 Å². The van der Waals surface area contributed by atoms with Gasteiger partial charge >= 0.3 is 0 Å². The monoisotopic (exact) mass is 226 g/mol. The van der Waals surface area contributed by atoms with Gasteiger partial charge in [-0.05, 0) is 31.2 Å². The number of amides is 1. The van der Waals surface area contributed by atoms with Crippen LogP contribution < -0.4 is 11.1 Å². The van der Waals surface area contributed by atoms with Crippen LogP contribution in [-0.2, 0) is 4.79 Å². The second-order valence-electron chi connectivity index (χ2n) is 5.18. The molecule has 0 spiro atoms. The molecule has 1 aliphatic rings. The van der Waals surface area contributed by atoms with E-state index >= 15 is 0 Å². The van der Waals surface area contributed by atoms with Crippen LogP contribution >= 0.6 is 0 Å². The predicted octanol–water partition coefficient (Wildman–Crippen LogP) is 2.06. The third-order valence-electron chi connectivity index (χ3n) is 3.56. The van der Waals surface area contributed by atoms with E-state index in [4.69, 9.17) is 5.73 Å². The van der Waals surface area contributed by atoms with E-state index in [9.17, 15) is 4.79 Å². The van der Waals surface area contributed by atoms with Gasteiger partial charge in [0.2, 0.25) is 5.91 Å². The van der Waals surface area contributed by atoms with Crippen LogP contribution in [-0.4, -0.2) is 19.0 Å². The maximum Gasteiger partial charge on any atom is 0.220 e. The number of hydrogen-bond donors (Lipinski definition) is 2. The fraction of sp³-hybridized carbons (Fsp3) is 0.923. The second-order valence-corrected chi connectivity index (χ2v) is 5.18. The first kappa shape index (κ1) is 13.5. The topological polar surface area (TPSA) is 55.1 Å². The van der Waals surface area contributed by atoms with Gasteiger partial charge in [-0.2, -0.15) is 0 Å². The quantitative estimate of drug-likeness (QED) is 0.698. The molecule has 3 nitrogen and oxygen atoms in total. The van der Waals surface area contributed by atoms with E-state index in [0.717, 1.165) is 25.3 Å². The smallest absolute Gasteiger partial charge is 0.220 e.